The maximum Gasteiger partial charge on any atom is 0.195 e. The van der Waals surface area contributed by atoms with Gasteiger partial charge in [0.15, 0.2) is 11.4 Å². The van der Waals surface area contributed by atoms with E-state index in [9.17, 15) is 4.79 Å². The number of aromatic nitrogens is 3. The van der Waals surface area contributed by atoms with Gasteiger partial charge in [-0.1, -0.05) is 15.9 Å². The first-order valence-corrected chi connectivity index (χ1v) is 6.51. The largest absolute Gasteiger partial charge is 0.309 e. The van der Waals surface area contributed by atoms with Crippen LogP contribution in [-0.2, 0) is 7.05 Å². The number of aryl methyl sites for hydroxylation is 1. The summed E-state index contributed by atoms with van der Waals surface area (Å²) in [6.45, 7) is 1.89. The third kappa shape index (κ3) is 2.58. The summed E-state index contributed by atoms with van der Waals surface area (Å²) in [7, 11) is 1.90. The molecule has 0 spiro atoms. The lowest BCUT2D eigenvalue weighted by molar-refractivity contribution is 0.112. The summed E-state index contributed by atoms with van der Waals surface area (Å²) in [5.41, 5.74) is 0.644. The SMILES string of the molecule is Cc1nnc(Sc2ccc(Br)cc2C=O)n1C. The number of benzene rings is 1. The zero-order valence-corrected chi connectivity index (χ0v) is 11.7. The summed E-state index contributed by atoms with van der Waals surface area (Å²) in [5, 5.41) is 8.81. The highest BCUT2D eigenvalue weighted by molar-refractivity contribution is 9.10. The third-order valence-corrected chi connectivity index (χ3v) is 3.98. The van der Waals surface area contributed by atoms with Gasteiger partial charge >= 0.3 is 0 Å². The van der Waals surface area contributed by atoms with Crippen LogP contribution in [0.15, 0.2) is 32.7 Å². The molecular weight excluding hydrogens is 302 g/mol. The van der Waals surface area contributed by atoms with Crippen LogP contribution in [0.25, 0.3) is 0 Å². The Morgan fingerprint density at radius 3 is 2.76 bits per heavy atom. The van der Waals surface area contributed by atoms with Crippen LogP contribution in [0.5, 0.6) is 0 Å². The minimum atomic E-state index is 0.644. The molecule has 1 heterocycles. The minimum absolute atomic E-state index is 0.644. The Balaban J connectivity index is 2.36. The van der Waals surface area contributed by atoms with E-state index in [1.54, 1.807) is 6.07 Å². The van der Waals surface area contributed by atoms with Gasteiger partial charge in [0.1, 0.15) is 5.82 Å². The van der Waals surface area contributed by atoms with Crippen molar-refractivity contribution in [1.82, 2.24) is 14.8 Å². The summed E-state index contributed by atoms with van der Waals surface area (Å²) in [5.74, 6) is 0.845. The third-order valence-electron chi connectivity index (χ3n) is 2.35. The average molecular weight is 312 g/mol. The molecule has 4 nitrogen and oxygen atoms in total. The fraction of sp³-hybridized carbons (Fsp3) is 0.182. The number of carbonyl (C=O) groups is 1. The Bertz CT molecular complexity index is 568. The standard InChI is InChI=1S/C11H10BrN3OS/c1-7-13-14-11(15(7)2)17-10-4-3-9(12)5-8(10)6-16/h3-6H,1-2H3. The lowest BCUT2D eigenvalue weighted by Crippen LogP contribution is -1.94. The molecule has 2 rings (SSSR count). The van der Waals surface area contributed by atoms with Crippen molar-refractivity contribution in [1.29, 1.82) is 0 Å². The minimum Gasteiger partial charge on any atom is -0.309 e. The average Bonchev–Trinajstić information content (AvgIpc) is 2.63. The molecule has 88 valence electrons. The van der Waals surface area contributed by atoms with Crippen molar-refractivity contribution in [2.24, 2.45) is 7.05 Å². The molecule has 0 unspecified atom stereocenters. The molecule has 0 aliphatic rings. The maximum atomic E-state index is 11.0. The highest BCUT2D eigenvalue weighted by Gasteiger charge is 2.10. The van der Waals surface area contributed by atoms with E-state index in [-0.39, 0.29) is 0 Å². The van der Waals surface area contributed by atoms with E-state index in [4.69, 9.17) is 0 Å². The lowest BCUT2D eigenvalue weighted by atomic mass is 10.2. The van der Waals surface area contributed by atoms with E-state index in [1.165, 1.54) is 11.8 Å². The molecule has 0 radical (unpaired) electrons. The Kier molecular flexibility index (Phi) is 3.63. The molecule has 0 bridgehead atoms. The number of nitrogens with zero attached hydrogens (tertiary/aromatic N) is 3. The van der Waals surface area contributed by atoms with E-state index in [2.05, 4.69) is 26.1 Å². The summed E-state index contributed by atoms with van der Waals surface area (Å²) in [6.07, 6.45) is 0.844. The molecule has 17 heavy (non-hydrogen) atoms. The van der Waals surface area contributed by atoms with Gasteiger partial charge in [-0.3, -0.25) is 4.79 Å². The predicted molar refractivity (Wildman–Crippen MR) is 69.4 cm³/mol. The first kappa shape index (κ1) is 12.3. The van der Waals surface area contributed by atoms with Gasteiger partial charge in [-0.2, -0.15) is 0 Å². The highest BCUT2D eigenvalue weighted by Crippen LogP contribution is 2.30. The number of hydrogen-bond acceptors (Lipinski definition) is 4. The van der Waals surface area contributed by atoms with Crippen molar-refractivity contribution >= 4 is 34.0 Å². The molecule has 6 heteroatoms. The predicted octanol–water partition coefficient (Wildman–Crippen LogP) is 2.85. The van der Waals surface area contributed by atoms with Crippen molar-refractivity contribution in [2.45, 2.75) is 17.0 Å². The van der Waals surface area contributed by atoms with E-state index < -0.39 is 0 Å². The fourth-order valence-corrected chi connectivity index (χ4v) is 2.57. The zero-order chi connectivity index (χ0) is 12.4. The smallest absolute Gasteiger partial charge is 0.195 e. The van der Waals surface area contributed by atoms with Crippen molar-refractivity contribution < 1.29 is 4.79 Å². The van der Waals surface area contributed by atoms with Crippen LogP contribution in [0.2, 0.25) is 0 Å². The van der Waals surface area contributed by atoms with Crippen molar-refractivity contribution in [3.05, 3.63) is 34.1 Å². The van der Waals surface area contributed by atoms with Gasteiger partial charge in [0.2, 0.25) is 0 Å². The van der Waals surface area contributed by atoms with Crippen LogP contribution in [0.4, 0.5) is 0 Å². The summed E-state index contributed by atoms with van der Waals surface area (Å²) >= 11 is 4.77. The molecule has 0 N–H and O–H groups in total. The van der Waals surface area contributed by atoms with E-state index in [1.807, 2.05) is 30.7 Å². The van der Waals surface area contributed by atoms with Crippen molar-refractivity contribution in [3.63, 3.8) is 0 Å². The Morgan fingerprint density at radius 2 is 2.18 bits per heavy atom. The second-order valence-electron chi connectivity index (χ2n) is 3.49. The number of rotatable bonds is 3. The van der Waals surface area contributed by atoms with Crippen LogP contribution < -0.4 is 0 Å². The van der Waals surface area contributed by atoms with Crippen molar-refractivity contribution in [3.8, 4) is 0 Å². The van der Waals surface area contributed by atoms with Gasteiger partial charge < -0.3 is 4.57 Å². The molecule has 0 fully saturated rings. The van der Waals surface area contributed by atoms with Crippen LogP contribution in [-0.4, -0.2) is 21.1 Å². The quantitative estimate of drug-likeness (QED) is 0.818. The topological polar surface area (TPSA) is 47.8 Å². The van der Waals surface area contributed by atoms with E-state index in [0.717, 1.165) is 26.6 Å². The second kappa shape index (κ2) is 5.01. The number of halogens is 1. The Morgan fingerprint density at radius 1 is 1.41 bits per heavy atom. The molecular formula is C11H10BrN3OS. The number of aldehydes is 1. The number of hydrogen-bond donors (Lipinski definition) is 0. The molecule has 0 saturated carbocycles. The van der Waals surface area contributed by atoms with Gasteiger partial charge in [-0.05, 0) is 36.9 Å². The van der Waals surface area contributed by atoms with Crippen LogP contribution in [0.1, 0.15) is 16.2 Å². The molecule has 0 aliphatic carbocycles. The fourth-order valence-electron chi connectivity index (χ4n) is 1.28. The Labute approximate surface area is 112 Å². The number of carbonyl (C=O) groups excluding carboxylic acids is 1. The molecule has 2 aromatic rings. The van der Waals surface area contributed by atoms with E-state index in [0.29, 0.717) is 5.56 Å². The Hall–Kier alpha value is -1.14. The van der Waals surface area contributed by atoms with Gasteiger partial charge in [0, 0.05) is 22.0 Å². The molecule has 1 aromatic carbocycles. The van der Waals surface area contributed by atoms with Gasteiger partial charge in [0.05, 0.1) is 0 Å². The van der Waals surface area contributed by atoms with E-state index >= 15 is 0 Å². The molecule has 1 aromatic heterocycles. The zero-order valence-electron chi connectivity index (χ0n) is 9.35. The lowest BCUT2D eigenvalue weighted by Gasteiger charge is -2.04. The molecule has 0 saturated heterocycles. The van der Waals surface area contributed by atoms with Crippen molar-refractivity contribution in [2.75, 3.05) is 0 Å². The van der Waals surface area contributed by atoms with Crippen LogP contribution in [0, 0.1) is 6.92 Å². The molecule has 0 aliphatic heterocycles. The van der Waals surface area contributed by atoms with Crippen LogP contribution in [0.3, 0.4) is 0 Å². The summed E-state index contributed by atoms with van der Waals surface area (Å²) in [6, 6.07) is 5.58. The molecule has 0 atom stereocenters. The van der Waals surface area contributed by atoms with Gasteiger partial charge in [-0.25, -0.2) is 0 Å². The van der Waals surface area contributed by atoms with Gasteiger partial charge in [-0.15, -0.1) is 10.2 Å². The normalized spacial score (nSPS) is 10.5. The van der Waals surface area contributed by atoms with Gasteiger partial charge in [0.25, 0.3) is 0 Å². The second-order valence-corrected chi connectivity index (χ2v) is 5.42. The van der Waals surface area contributed by atoms with Crippen LogP contribution >= 0.6 is 27.7 Å². The summed E-state index contributed by atoms with van der Waals surface area (Å²) in [4.78, 5) is 11.9. The first-order chi connectivity index (χ1) is 8.11. The summed E-state index contributed by atoms with van der Waals surface area (Å²) < 4.78 is 2.78. The monoisotopic (exact) mass is 311 g/mol. The maximum absolute atomic E-state index is 11.0. The molecule has 0 amide bonds. The first-order valence-electron chi connectivity index (χ1n) is 4.90. The highest BCUT2D eigenvalue weighted by atomic mass is 79.9.